The predicted molar refractivity (Wildman–Crippen MR) is 68.1 cm³/mol. The number of carbonyl (C=O) groups excluding carboxylic acids is 1. The van der Waals surface area contributed by atoms with E-state index >= 15 is 0 Å². The Morgan fingerprint density at radius 1 is 1.67 bits per heavy atom. The van der Waals surface area contributed by atoms with E-state index in [9.17, 15) is 4.79 Å². The van der Waals surface area contributed by atoms with Gasteiger partial charge in [0.05, 0.1) is 12.3 Å². The monoisotopic (exact) mass is 252 g/mol. The summed E-state index contributed by atoms with van der Waals surface area (Å²) < 4.78 is 6.73. The van der Waals surface area contributed by atoms with Crippen molar-refractivity contribution in [1.82, 2.24) is 14.7 Å². The molecule has 0 saturated carbocycles. The minimum atomic E-state index is -0.0751. The van der Waals surface area contributed by atoms with E-state index in [2.05, 4.69) is 5.10 Å². The molecular formula is C12H20N4O2. The summed E-state index contributed by atoms with van der Waals surface area (Å²) in [5.41, 5.74) is 6.58. The second-order valence-corrected chi connectivity index (χ2v) is 4.82. The van der Waals surface area contributed by atoms with Gasteiger partial charge in [0, 0.05) is 33.4 Å². The highest BCUT2D eigenvalue weighted by Crippen LogP contribution is 2.20. The van der Waals surface area contributed by atoms with E-state index in [1.807, 2.05) is 4.90 Å². The quantitative estimate of drug-likeness (QED) is 0.850. The molecule has 0 bridgehead atoms. The minimum absolute atomic E-state index is 0.0751. The molecule has 1 fully saturated rings. The van der Waals surface area contributed by atoms with Crippen molar-refractivity contribution in [1.29, 1.82) is 0 Å². The lowest BCUT2D eigenvalue weighted by atomic mass is 9.98. The third-order valence-electron chi connectivity index (χ3n) is 3.27. The smallest absolute Gasteiger partial charge is 0.276 e. The van der Waals surface area contributed by atoms with Gasteiger partial charge in [-0.2, -0.15) is 5.10 Å². The number of aryl methyl sites for hydroxylation is 1. The summed E-state index contributed by atoms with van der Waals surface area (Å²) in [5, 5.41) is 4.13. The minimum Gasteiger partial charge on any atom is -0.396 e. The molecule has 1 aliphatic heterocycles. The zero-order chi connectivity index (χ0) is 13.1. The number of hydrogen-bond acceptors (Lipinski definition) is 4. The lowest BCUT2D eigenvalue weighted by Crippen LogP contribution is -2.41. The number of rotatable bonds is 3. The number of anilines is 1. The molecule has 100 valence electrons. The van der Waals surface area contributed by atoms with Gasteiger partial charge in [0.2, 0.25) is 0 Å². The number of hydrogen-bond donors (Lipinski definition) is 1. The number of ether oxygens (including phenoxy) is 1. The molecule has 0 aliphatic carbocycles. The predicted octanol–water partition coefficient (Wildman–Crippen LogP) is 0.501. The number of piperidine rings is 1. The molecule has 1 aromatic heterocycles. The number of carbonyl (C=O) groups is 1. The zero-order valence-corrected chi connectivity index (χ0v) is 10.9. The van der Waals surface area contributed by atoms with Gasteiger partial charge in [0.25, 0.3) is 5.91 Å². The van der Waals surface area contributed by atoms with Crippen LogP contribution < -0.4 is 5.73 Å². The molecule has 6 nitrogen and oxygen atoms in total. The third-order valence-corrected chi connectivity index (χ3v) is 3.27. The number of nitrogens with two attached hydrogens (primary N) is 1. The lowest BCUT2D eigenvalue weighted by molar-refractivity contribution is 0.0566. The number of likely N-dealkylation sites (tertiary alicyclic amines) is 1. The molecule has 1 aromatic rings. The van der Waals surface area contributed by atoms with Crippen LogP contribution in [0.5, 0.6) is 0 Å². The van der Waals surface area contributed by atoms with Crippen molar-refractivity contribution >= 4 is 11.6 Å². The van der Waals surface area contributed by atoms with Crippen LogP contribution in [0.2, 0.25) is 0 Å². The topological polar surface area (TPSA) is 73.4 Å². The largest absolute Gasteiger partial charge is 0.396 e. The van der Waals surface area contributed by atoms with Gasteiger partial charge in [-0.1, -0.05) is 0 Å². The van der Waals surface area contributed by atoms with Gasteiger partial charge < -0.3 is 15.4 Å². The zero-order valence-electron chi connectivity index (χ0n) is 10.9. The van der Waals surface area contributed by atoms with Crippen molar-refractivity contribution in [3.05, 3.63) is 11.9 Å². The molecule has 1 atom stereocenters. The Bertz CT molecular complexity index is 428. The molecule has 1 saturated heterocycles. The first-order chi connectivity index (χ1) is 8.61. The molecule has 1 unspecified atom stereocenters. The fourth-order valence-electron chi connectivity index (χ4n) is 2.44. The van der Waals surface area contributed by atoms with Crippen molar-refractivity contribution in [2.75, 3.05) is 32.5 Å². The fraction of sp³-hybridized carbons (Fsp3) is 0.667. The summed E-state index contributed by atoms with van der Waals surface area (Å²) >= 11 is 0. The van der Waals surface area contributed by atoms with Gasteiger partial charge in [-0.3, -0.25) is 9.48 Å². The first kappa shape index (κ1) is 12.9. The van der Waals surface area contributed by atoms with E-state index < -0.39 is 0 Å². The van der Waals surface area contributed by atoms with Crippen molar-refractivity contribution in [2.45, 2.75) is 12.8 Å². The highest BCUT2D eigenvalue weighted by molar-refractivity contribution is 5.97. The molecule has 18 heavy (non-hydrogen) atoms. The molecule has 1 aliphatic rings. The number of nitrogen functional groups attached to an aromatic ring is 1. The Morgan fingerprint density at radius 2 is 2.44 bits per heavy atom. The van der Waals surface area contributed by atoms with Gasteiger partial charge in [0.1, 0.15) is 0 Å². The van der Waals surface area contributed by atoms with Gasteiger partial charge in [-0.15, -0.1) is 0 Å². The first-order valence-corrected chi connectivity index (χ1v) is 6.19. The van der Waals surface area contributed by atoms with Crippen molar-refractivity contribution in [3.8, 4) is 0 Å². The second kappa shape index (κ2) is 5.39. The molecule has 2 rings (SSSR count). The Hall–Kier alpha value is -1.56. The normalized spacial score (nSPS) is 20.1. The van der Waals surface area contributed by atoms with Crippen LogP contribution in [0.4, 0.5) is 5.69 Å². The van der Waals surface area contributed by atoms with Crippen LogP contribution in [0.3, 0.4) is 0 Å². The van der Waals surface area contributed by atoms with E-state index in [1.165, 1.54) is 0 Å². The molecule has 1 amide bonds. The Kier molecular flexibility index (Phi) is 3.86. The Morgan fingerprint density at radius 3 is 3.06 bits per heavy atom. The number of amides is 1. The highest BCUT2D eigenvalue weighted by Gasteiger charge is 2.27. The number of methoxy groups -OCH3 is 1. The number of aromatic nitrogens is 2. The summed E-state index contributed by atoms with van der Waals surface area (Å²) in [6.45, 7) is 2.19. The molecule has 2 heterocycles. The Balaban J connectivity index is 2.06. The van der Waals surface area contributed by atoms with Gasteiger partial charge in [-0.25, -0.2) is 0 Å². The van der Waals surface area contributed by atoms with Crippen molar-refractivity contribution in [3.63, 3.8) is 0 Å². The van der Waals surface area contributed by atoms with Gasteiger partial charge >= 0.3 is 0 Å². The average Bonchev–Trinajstić information content (AvgIpc) is 2.68. The third kappa shape index (κ3) is 2.64. The average molecular weight is 252 g/mol. The molecular weight excluding hydrogens is 232 g/mol. The summed E-state index contributed by atoms with van der Waals surface area (Å²) in [4.78, 5) is 14.1. The fourth-order valence-corrected chi connectivity index (χ4v) is 2.44. The van der Waals surface area contributed by atoms with E-state index in [4.69, 9.17) is 10.5 Å². The van der Waals surface area contributed by atoms with Crippen LogP contribution >= 0.6 is 0 Å². The summed E-state index contributed by atoms with van der Waals surface area (Å²) in [6, 6.07) is 0. The maximum atomic E-state index is 12.3. The van der Waals surface area contributed by atoms with E-state index in [0.29, 0.717) is 23.9 Å². The number of nitrogens with zero attached hydrogens (tertiary/aromatic N) is 3. The van der Waals surface area contributed by atoms with E-state index in [-0.39, 0.29) is 5.91 Å². The van der Waals surface area contributed by atoms with Crippen LogP contribution in [-0.2, 0) is 11.8 Å². The highest BCUT2D eigenvalue weighted by atomic mass is 16.5. The van der Waals surface area contributed by atoms with Crippen molar-refractivity contribution < 1.29 is 9.53 Å². The summed E-state index contributed by atoms with van der Waals surface area (Å²) in [5.74, 6) is 0.339. The Labute approximate surface area is 107 Å². The summed E-state index contributed by atoms with van der Waals surface area (Å²) in [7, 11) is 3.45. The molecule has 2 N–H and O–H groups in total. The maximum absolute atomic E-state index is 12.3. The van der Waals surface area contributed by atoms with Gasteiger partial charge in [0.15, 0.2) is 5.69 Å². The van der Waals surface area contributed by atoms with E-state index in [0.717, 1.165) is 25.9 Å². The van der Waals surface area contributed by atoms with Crippen LogP contribution in [-0.4, -0.2) is 47.4 Å². The first-order valence-electron chi connectivity index (χ1n) is 6.19. The van der Waals surface area contributed by atoms with Crippen LogP contribution in [0.15, 0.2) is 6.20 Å². The standard InChI is InChI=1S/C12H20N4O2/c1-15-7-10(13)11(14-15)12(17)16-5-3-4-9(6-16)8-18-2/h7,9H,3-6,8,13H2,1-2H3. The van der Waals surface area contributed by atoms with Gasteiger partial charge in [-0.05, 0) is 18.8 Å². The van der Waals surface area contributed by atoms with Crippen LogP contribution in [0.1, 0.15) is 23.3 Å². The SMILES string of the molecule is COCC1CCCN(C(=O)c2nn(C)cc2N)C1. The van der Waals surface area contributed by atoms with Crippen LogP contribution in [0.25, 0.3) is 0 Å². The molecule has 0 spiro atoms. The van der Waals surface area contributed by atoms with E-state index in [1.54, 1.807) is 25.0 Å². The summed E-state index contributed by atoms with van der Waals surface area (Å²) in [6.07, 6.45) is 3.77. The molecule has 6 heteroatoms. The maximum Gasteiger partial charge on any atom is 0.276 e. The van der Waals surface area contributed by atoms with Crippen LogP contribution in [0, 0.1) is 5.92 Å². The second-order valence-electron chi connectivity index (χ2n) is 4.82. The lowest BCUT2D eigenvalue weighted by Gasteiger charge is -2.32. The molecule has 0 aromatic carbocycles. The molecule has 0 radical (unpaired) electrons. The van der Waals surface area contributed by atoms with Crippen molar-refractivity contribution in [2.24, 2.45) is 13.0 Å².